The van der Waals surface area contributed by atoms with E-state index >= 15 is 0 Å². The van der Waals surface area contributed by atoms with E-state index in [2.05, 4.69) is 48.4 Å². The monoisotopic (exact) mass is 382 g/mol. The Morgan fingerprint density at radius 3 is 2.81 bits per heavy atom. The van der Waals surface area contributed by atoms with Crippen LogP contribution >= 0.6 is 11.3 Å². The van der Waals surface area contributed by atoms with E-state index in [1.165, 1.54) is 16.9 Å². The first-order valence-corrected chi connectivity index (χ1v) is 10.5. The molecule has 5 nitrogen and oxygen atoms in total. The van der Waals surface area contributed by atoms with Gasteiger partial charge in [0.05, 0.1) is 5.69 Å². The van der Waals surface area contributed by atoms with Crippen molar-refractivity contribution in [3.05, 3.63) is 52.8 Å². The number of anilines is 1. The van der Waals surface area contributed by atoms with E-state index in [9.17, 15) is 4.79 Å². The Kier molecular flexibility index (Phi) is 4.91. The zero-order chi connectivity index (χ0) is 19.0. The summed E-state index contributed by atoms with van der Waals surface area (Å²) in [6.07, 6.45) is 4.04. The first kappa shape index (κ1) is 18.0. The second-order valence-corrected chi connectivity index (χ2v) is 8.50. The number of benzene rings is 1. The van der Waals surface area contributed by atoms with Crippen molar-refractivity contribution in [1.29, 1.82) is 0 Å². The van der Waals surface area contributed by atoms with E-state index in [-0.39, 0.29) is 11.9 Å². The van der Waals surface area contributed by atoms with Gasteiger partial charge in [-0.2, -0.15) is 0 Å². The lowest BCUT2D eigenvalue weighted by Gasteiger charge is -2.33. The number of aromatic nitrogens is 2. The molecular formula is C21H26N4OS. The van der Waals surface area contributed by atoms with E-state index in [1.807, 2.05) is 27.8 Å². The highest BCUT2D eigenvalue weighted by Crippen LogP contribution is 2.23. The molecule has 1 fully saturated rings. The van der Waals surface area contributed by atoms with Gasteiger partial charge in [0.2, 0.25) is 0 Å². The maximum absolute atomic E-state index is 13.1. The summed E-state index contributed by atoms with van der Waals surface area (Å²) in [6, 6.07) is 8.94. The first-order chi connectivity index (χ1) is 13.0. The van der Waals surface area contributed by atoms with Crippen LogP contribution in [0.1, 0.15) is 54.4 Å². The van der Waals surface area contributed by atoms with Gasteiger partial charge in [-0.25, -0.2) is 4.98 Å². The van der Waals surface area contributed by atoms with Crippen LogP contribution in [0.5, 0.6) is 0 Å². The third-order valence-corrected chi connectivity index (χ3v) is 6.05. The average molecular weight is 383 g/mol. The van der Waals surface area contributed by atoms with Gasteiger partial charge in [-0.15, -0.1) is 11.3 Å². The molecule has 3 heterocycles. The van der Waals surface area contributed by atoms with Crippen molar-refractivity contribution < 1.29 is 4.79 Å². The number of rotatable bonds is 4. The molecule has 2 aromatic heterocycles. The molecule has 1 aromatic carbocycles. The minimum absolute atomic E-state index is 0.0975. The Balaban J connectivity index is 1.45. The van der Waals surface area contributed by atoms with E-state index in [0.29, 0.717) is 5.92 Å². The third kappa shape index (κ3) is 3.72. The quantitative estimate of drug-likeness (QED) is 0.720. The first-order valence-electron chi connectivity index (χ1n) is 9.60. The number of carbonyl (C=O) groups excluding carboxylic acids is 1. The highest BCUT2D eigenvalue weighted by atomic mass is 32.1. The molecule has 0 bridgehead atoms. The Morgan fingerprint density at radius 2 is 2.07 bits per heavy atom. The molecule has 1 saturated heterocycles. The van der Waals surface area contributed by atoms with Crippen LogP contribution < -0.4 is 5.32 Å². The van der Waals surface area contributed by atoms with Crippen LogP contribution in [-0.2, 0) is 0 Å². The number of hydrogen-bond donors (Lipinski definition) is 1. The minimum atomic E-state index is 0.0975. The number of nitrogens with one attached hydrogen (secondary N) is 1. The molecule has 0 unspecified atom stereocenters. The Bertz CT molecular complexity index is 941. The summed E-state index contributed by atoms with van der Waals surface area (Å²) in [5, 5.41) is 5.53. The van der Waals surface area contributed by atoms with E-state index < -0.39 is 0 Å². The fourth-order valence-electron chi connectivity index (χ4n) is 3.69. The normalized spacial score (nSPS) is 17.6. The molecular weight excluding hydrogens is 356 g/mol. The van der Waals surface area contributed by atoms with Crippen LogP contribution in [0.3, 0.4) is 0 Å². The van der Waals surface area contributed by atoms with Gasteiger partial charge >= 0.3 is 0 Å². The number of fused-ring (bicyclic) bond motifs is 1. The zero-order valence-corrected chi connectivity index (χ0v) is 16.9. The lowest BCUT2D eigenvalue weighted by molar-refractivity contribution is 0.0708. The van der Waals surface area contributed by atoms with Crippen molar-refractivity contribution in [1.82, 2.24) is 14.3 Å². The zero-order valence-electron chi connectivity index (χ0n) is 16.1. The van der Waals surface area contributed by atoms with Crippen molar-refractivity contribution in [2.24, 2.45) is 0 Å². The van der Waals surface area contributed by atoms with E-state index in [0.717, 1.165) is 48.0 Å². The molecule has 1 atom stereocenters. The van der Waals surface area contributed by atoms with Gasteiger partial charge in [0.15, 0.2) is 4.96 Å². The number of carbonyl (C=O) groups is 1. The van der Waals surface area contributed by atoms with Crippen molar-refractivity contribution in [2.45, 2.75) is 45.6 Å². The Labute approximate surface area is 164 Å². The molecule has 1 amide bonds. The molecule has 3 aromatic rings. The topological polar surface area (TPSA) is 49.6 Å². The van der Waals surface area contributed by atoms with Crippen LogP contribution in [0.15, 0.2) is 35.8 Å². The van der Waals surface area contributed by atoms with Gasteiger partial charge in [-0.1, -0.05) is 26.0 Å². The Morgan fingerprint density at radius 1 is 1.30 bits per heavy atom. The second kappa shape index (κ2) is 7.35. The number of imidazole rings is 1. The fraction of sp³-hybridized carbons (Fsp3) is 0.429. The predicted molar refractivity (Wildman–Crippen MR) is 111 cm³/mol. The predicted octanol–water partition coefficient (Wildman–Crippen LogP) is 4.54. The van der Waals surface area contributed by atoms with Crippen molar-refractivity contribution >= 4 is 27.9 Å². The van der Waals surface area contributed by atoms with Gasteiger partial charge in [-0.05, 0) is 43.4 Å². The van der Waals surface area contributed by atoms with Crippen LogP contribution in [0, 0.1) is 6.92 Å². The number of likely N-dealkylation sites (tertiary alicyclic amines) is 1. The fourth-order valence-corrected chi connectivity index (χ4v) is 4.58. The molecule has 4 rings (SSSR count). The summed E-state index contributed by atoms with van der Waals surface area (Å²) in [5.74, 6) is 0.636. The number of piperidine rings is 1. The molecule has 6 heteroatoms. The molecule has 1 aliphatic heterocycles. The summed E-state index contributed by atoms with van der Waals surface area (Å²) in [7, 11) is 0. The molecule has 27 heavy (non-hydrogen) atoms. The molecule has 142 valence electrons. The second-order valence-electron chi connectivity index (χ2n) is 7.67. The minimum Gasteiger partial charge on any atom is -0.381 e. The maximum Gasteiger partial charge on any atom is 0.271 e. The highest BCUT2D eigenvalue weighted by molar-refractivity contribution is 7.15. The van der Waals surface area contributed by atoms with E-state index in [1.54, 1.807) is 0 Å². The molecule has 1 N–H and O–H groups in total. The third-order valence-electron chi connectivity index (χ3n) is 5.21. The van der Waals surface area contributed by atoms with Gasteiger partial charge in [-0.3, -0.25) is 9.20 Å². The lowest BCUT2D eigenvalue weighted by Crippen LogP contribution is -2.45. The van der Waals surface area contributed by atoms with Gasteiger partial charge in [0.25, 0.3) is 5.91 Å². The van der Waals surface area contributed by atoms with Crippen LogP contribution in [0.2, 0.25) is 0 Å². The summed E-state index contributed by atoms with van der Waals surface area (Å²) in [6.45, 7) is 7.91. The van der Waals surface area contributed by atoms with Gasteiger partial charge in [0.1, 0.15) is 5.69 Å². The molecule has 0 radical (unpaired) electrons. The average Bonchev–Trinajstić information content (AvgIpc) is 3.21. The van der Waals surface area contributed by atoms with Crippen LogP contribution in [0.4, 0.5) is 5.69 Å². The lowest BCUT2D eigenvalue weighted by atomic mass is 10.0. The summed E-state index contributed by atoms with van der Waals surface area (Å²) < 4.78 is 1.92. The standard InChI is InChI=1S/C21H26N4OS/c1-14(2)16-6-8-17(9-7-16)23-18-5-4-10-24(12-18)20(26)19-13-27-21-22-15(3)11-25(19)21/h6-9,11,13-14,18,23H,4-5,10,12H2,1-3H3/t18-/m0/s1. The van der Waals surface area contributed by atoms with Crippen LogP contribution in [-0.4, -0.2) is 39.3 Å². The van der Waals surface area contributed by atoms with Gasteiger partial charge < -0.3 is 10.2 Å². The van der Waals surface area contributed by atoms with Crippen molar-refractivity contribution in [3.63, 3.8) is 0 Å². The SMILES string of the molecule is Cc1cn2c(C(=O)N3CCC[C@H](Nc4ccc(C(C)C)cc4)C3)csc2n1. The van der Waals surface area contributed by atoms with Crippen molar-refractivity contribution in [2.75, 3.05) is 18.4 Å². The number of nitrogens with zero attached hydrogens (tertiary/aromatic N) is 3. The number of aryl methyl sites for hydroxylation is 1. The van der Waals surface area contributed by atoms with E-state index in [4.69, 9.17) is 0 Å². The maximum atomic E-state index is 13.1. The molecule has 0 spiro atoms. The molecule has 0 aliphatic carbocycles. The van der Waals surface area contributed by atoms with Crippen LogP contribution in [0.25, 0.3) is 4.96 Å². The number of hydrogen-bond acceptors (Lipinski definition) is 4. The molecule has 0 saturated carbocycles. The Hall–Kier alpha value is -2.34. The van der Waals surface area contributed by atoms with Crippen molar-refractivity contribution in [3.8, 4) is 0 Å². The number of thiazole rings is 1. The molecule has 1 aliphatic rings. The smallest absolute Gasteiger partial charge is 0.271 e. The summed E-state index contributed by atoms with van der Waals surface area (Å²) in [4.78, 5) is 20.4. The number of amides is 1. The largest absolute Gasteiger partial charge is 0.381 e. The highest BCUT2D eigenvalue weighted by Gasteiger charge is 2.26. The van der Waals surface area contributed by atoms with Gasteiger partial charge in [0, 0.05) is 36.4 Å². The summed E-state index contributed by atoms with van der Waals surface area (Å²) in [5.41, 5.74) is 4.14. The summed E-state index contributed by atoms with van der Waals surface area (Å²) >= 11 is 1.52.